The third-order valence-electron chi connectivity index (χ3n) is 9.76. The molecule has 5 heteroatoms. The number of benzene rings is 6. The van der Waals surface area contributed by atoms with Crippen molar-refractivity contribution in [3.63, 3.8) is 0 Å². The molecule has 0 saturated heterocycles. The third-order valence-corrected chi connectivity index (χ3v) is 9.76. The number of para-hydroxylation sites is 1. The Morgan fingerprint density at radius 2 is 1.15 bits per heavy atom. The molecule has 1 aliphatic carbocycles. The minimum absolute atomic E-state index is 0.120. The van der Waals surface area contributed by atoms with Gasteiger partial charge in [0.05, 0.1) is 11.4 Å². The lowest BCUT2D eigenvalue weighted by Crippen LogP contribution is -2.15. The Morgan fingerprint density at radius 1 is 0.458 bits per heavy atom. The topological polar surface area (TPSA) is 57.4 Å². The first-order chi connectivity index (χ1) is 23.5. The van der Waals surface area contributed by atoms with Crippen LogP contribution in [0.5, 0.6) is 23.0 Å². The number of nitrogens with zero attached hydrogens (tertiary/aromatic N) is 2. The second-order valence-corrected chi connectivity index (χ2v) is 13.0. The summed E-state index contributed by atoms with van der Waals surface area (Å²) in [6.07, 6.45) is 0. The maximum absolute atomic E-state index is 6.57. The van der Waals surface area contributed by atoms with Gasteiger partial charge in [-0.3, -0.25) is 0 Å². The quantitative estimate of drug-likeness (QED) is 0.197. The average molecular weight is 621 g/mol. The number of hydrogen-bond acceptors (Lipinski definition) is 5. The van der Waals surface area contributed by atoms with Crippen molar-refractivity contribution < 1.29 is 13.9 Å². The van der Waals surface area contributed by atoms with Crippen molar-refractivity contribution in [3.8, 4) is 68.0 Å². The lowest BCUT2D eigenvalue weighted by atomic mass is 9.82. The van der Waals surface area contributed by atoms with Crippen LogP contribution in [-0.2, 0) is 5.41 Å². The number of fused-ring (bicyclic) bond motifs is 8. The van der Waals surface area contributed by atoms with Gasteiger partial charge in [0.15, 0.2) is 28.8 Å². The van der Waals surface area contributed by atoms with Crippen molar-refractivity contribution >= 4 is 21.9 Å². The fourth-order valence-corrected chi connectivity index (χ4v) is 7.28. The van der Waals surface area contributed by atoms with E-state index in [4.69, 9.17) is 23.9 Å². The first-order valence-corrected chi connectivity index (χ1v) is 16.1. The van der Waals surface area contributed by atoms with Crippen LogP contribution in [0.3, 0.4) is 0 Å². The van der Waals surface area contributed by atoms with Crippen LogP contribution < -0.4 is 9.47 Å². The summed E-state index contributed by atoms with van der Waals surface area (Å²) in [5, 5.41) is 2.16. The van der Waals surface area contributed by atoms with E-state index in [1.54, 1.807) is 0 Å². The van der Waals surface area contributed by atoms with Crippen LogP contribution in [0.4, 0.5) is 0 Å². The van der Waals surface area contributed by atoms with E-state index < -0.39 is 0 Å². The van der Waals surface area contributed by atoms with Crippen LogP contribution in [0.2, 0.25) is 0 Å². The van der Waals surface area contributed by atoms with Crippen LogP contribution in [0.1, 0.15) is 25.0 Å². The molecule has 0 saturated carbocycles. The van der Waals surface area contributed by atoms with Gasteiger partial charge in [0.1, 0.15) is 11.2 Å². The summed E-state index contributed by atoms with van der Waals surface area (Å²) in [6.45, 7) is 4.53. The van der Waals surface area contributed by atoms with E-state index >= 15 is 0 Å². The van der Waals surface area contributed by atoms with E-state index in [1.165, 1.54) is 22.3 Å². The van der Waals surface area contributed by atoms with E-state index in [-0.39, 0.29) is 5.41 Å². The second kappa shape index (κ2) is 9.90. The zero-order valence-corrected chi connectivity index (χ0v) is 26.3. The molecule has 0 spiro atoms. The maximum atomic E-state index is 6.57. The summed E-state index contributed by atoms with van der Waals surface area (Å²) in [5.41, 5.74) is 10.9. The van der Waals surface area contributed by atoms with Crippen LogP contribution in [0.15, 0.2) is 138 Å². The molecular formula is C43H28N2O3. The molecule has 48 heavy (non-hydrogen) atoms. The van der Waals surface area contributed by atoms with Crippen LogP contribution in [0.25, 0.3) is 67.0 Å². The number of ether oxygens (including phenoxy) is 2. The molecule has 0 fully saturated rings. The summed E-state index contributed by atoms with van der Waals surface area (Å²) in [7, 11) is 0. The predicted octanol–water partition coefficient (Wildman–Crippen LogP) is 11.6. The number of furan rings is 1. The maximum Gasteiger partial charge on any atom is 0.170 e. The standard InChI is InChI=1S/C43H28N2O3/c1-43(2)32-14-8-6-12-28(32)31-22-40-41(23-33(31)43)47-37-19-17-26(20-39(37)48-40)35-24-34(25-10-4-3-5-11-25)44-42(45-35)27-16-18-30-29-13-7-9-15-36(29)46-38(30)21-27/h3-24H,1-2H3. The summed E-state index contributed by atoms with van der Waals surface area (Å²) in [6, 6.07) is 45.4. The highest BCUT2D eigenvalue weighted by Crippen LogP contribution is 2.55. The van der Waals surface area contributed by atoms with Crippen molar-refractivity contribution in [1.29, 1.82) is 0 Å². The van der Waals surface area contributed by atoms with Gasteiger partial charge >= 0.3 is 0 Å². The van der Waals surface area contributed by atoms with Gasteiger partial charge in [0.2, 0.25) is 0 Å². The summed E-state index contributed by atoms with van der Waals surface area (Å²) < 4.78 is 19.3. The molecule has 1 aliphatic heterocycles. The molecular weight excluding hydrogens is 592 g/mol. The van der Waals surface area contributed by atoms with Crippen molar-refractivity contribution in [2.45, 2.75) is 19.3 Å². The average Bonchev–Trinajstić information content (AvgIpc) is 3.61. The highest BCUT2D eigenvalue weighted by molar-refractivity contribution is 6.05. The van der Waals surface area contributed by atoms with Crippen molar-refractivity contribution in [2.24, 2.45) is 0 Å². The van der Waals surface area contributed by atoms with E-state index in [2.05, 4.69) is 80.6 Å². The molecule has 2 aromatic heterocycles. The minimum Gasteiger partial charge on any atom is -0.456 e. The number of aromatic nitrogens is 2. The van der Waals surface area contributed by atoms with Gasteiger partial charge in [0, 0.05) is 32.9 Å². The summed E-state index contributed by atoms with van der Waals surface area (Å²) in [5.74, 6) is 3.37. The monoisotopic (exact) mass is 620 g/mol. The first-order valence-electron chi connectivity index (χ1n) is 16.1. The lowest BCUT2D eigenvalue weighted by Gasteiger charge is -2.25. The predicted molar refractivity (Wildman–Crippen MR) is 190 cm³/mol. The van der Waals surface area contributed by atoms with Gasteiger partial charge in [0.25, 0.3) is 0 Å². The Bertz CT molecular complexity index is 2600. The fraction of sp³-hybridized carbons (Fsp3) is 0.0698. The van der Waals surface area contributed by atoms with Gasteiger partial charge < -0.3 is 13.9 Å². The molecule has 228 valence electrons. The van der Waals surface area contributed by atoms with Gasteiger partial charge in [-0.25, -0.2) is 9.97 Å². The number of hydrogen-bond donors (Lipinski definition) is 0. The van der Waals surface area contributed by atoms with E-state index in [0.29, 0.717) is 23.1 Å². The van der Waals surface area contributed by atoms with E-state index in [0.717, 1.165) is 55.8 Å². The van der Waals surface area contributed by atoms with Gasteiger partial charge in [-0.1, -0.05) is 92.7 Å². The summed E-state index contributed by atoms with van der Waals surface area (Å²) >= 11 is 0. The first kappa shape index (κ1) is 27.0. The molecule has 6 aromatic carbocycles. The molecule has 3 heterocycles. The normalized spacial score (nSPS) is 13.7. The van der Waals surface area contributed by atoms with Crippen LogP contribution in [-0.4, -0.2) is 9.97 Å². The molecule has 8 aromatic rings. The fourth-order valence-electron chi connectivity index (χ4n) is 7.28. The van der Waals surface area contributed by atoms with Gasteiger partial charge in [-0.2, -0.15) is 0 Å². The molecule has 0 N–H and O–H groups in total. The molecule has 0 unspecified atom stereocenters. The Hall–Kier alpha value is -6.20. The Balaban J connectivity index is 1.07. The smallest absolute Gasteiger partial charge is 0.170 e. The largest absolute Gasteiger partial charge is 0.456 e. The Morgan fingerprint density at radius 3 is 2.04 bits per heavy atom. The highest BCUT2D eigenvalue weighted by atomic mass is 16.6. The highest BCUT2D eigenvalue weighted by Gasteiger charge is 2.37. The second-order valence-electron chi connectivity index (χ2n) is 13.0. The Labute approximate surface area is 277 Å². The minimum atomic E-state index is -0.120. The van der Waals surface area contributed by atoms with Crippen LogP contribution in [0, 0.1) is 0 Å². The van der Waals surface area contributed by atoms with E-state index in [1.807, 2.05) is 66.7 Å². The van der Waals surface area contributed by atoms with Gasteiger partial charge in [-0.05, 0) is 76.9 Å². The van der Waals surface area contributed by atoms with E-state index in [9.17, 15) is 0 Å². The zero-order valence-electron chi connectivity index (χ0n) is 26.3. The third kappa shape index (κ3) is 4.04. The van der Waals surface area contributed by atoms with Crippen molar-refractivity contribution in [3.05, 3.63) is 145 Å². The SMILES string of the molecule is CC1(C)c2ccccc2-c2cc3c(cc21)Oc1ccc(-c2cc(-c4ccccc4)nc(-c4ccc5c(c4)oc4ccccc45)n2)cc1O3. The molecule has 0 bridgehead atoms. The number of rotatable bonds is 3. The molecule has 0 amide bonds. The lowest BCUT2D eigenvalue weighted by molar-refractivity contribution is 0.359. The summed E-state index contributed by atoms with van der Waals surface area (Å²) in [4.78, 5) is 10.1. The van der Waals surface area contributed by atoms with Crippen molar-refractivity contribution in [2.75, 3.05) is 0 Å². The van der Waals surface area contributed by atoms with Crippen LogP contribution >= 0.6 is 0 Å². The Kier molecular flexibility index (Phi) is 5.56. The molecule has 0 radical (unpaired) electrons. The zero-order chi connectivity index (χ0) is 32.0. The van der Waals surface area contributed by atoms with Crippen molar-refractivity contribution in [1.82, 2.24) is 9.97 Å². The molecule has 0 atom stereocenters. The molecule has 2 aliphatic rings. The van der Waals surface area contributed by atoms with Gasteiger partial charge in [-0.15, -0.1) is 0 Å². The molecule has 10 rings (SSSR count). The molecule has 5 nitrogen and oxygen atoms in total.